The van der Waals surface area contributed by atoms with Crippen LogP contribution in [0.15, 0.2) is 6.20 Å². The van der Waals surface area contributed by atoms with Gasteiger partial charge in [-0.3, -0.25) is 4.68 Å². The Balaban J connectivity index is 2.20. The summed E-state index contributed by atoms with van der Waals surface area (Å²) in [5.41, 5.74) is 0.958. The Morgan fingerprint density at radius 3 is 3.12 bits per heavy atom. The molecule has 0 aliphatic rings. The van der Waals surface area contributed by atoms with Crippen molar-refractivity contribution in [3.63, 3.8) is 0 Å². The highest BCUT2D eigenvalue weighted by molar-refractivity contribution is 7.98. The van der Waals surface area contributed by atoms with Crippen molar-refractivity contribution in [2.75, 3.05) is 25.2 Å². The minimum absolute atomic E-state index is 0.194. The van der Waals surface area contributed by atoms with E-state index in [1.54, 1.807) is 4.68 Å². The van der Waals surface area contributed by atoms with E-state index in [1.807, 2.05) is 18.0 Å². The number of thioether (sulfide) groups is 1. The van der Waals surface area contributed by atoms with E-state index in [1.165, 1.54) is 5.75 Å². The Labute approximate surface area is 107 Å². The van der Waals surface area contributed by atoms with Crippen molar-refractivity contribution in [1.82, 2.24) is 20.3 Å². The molecule has 1 aromatic rings. The third-order valence-corrected chi connectivity index (χ3v) is 3.28. The number of nitrogens with zero attached hydrogens (tertiary/aromatic N) is 3. The maximum Gasteiger partial charge on any atom is 0.0964 e. The monoisotopic (exact) mass is 258 g/mol. The molecule has 98 valence electrons. The van der Waals surface area contributed by atoms with E-state index in [0.717, 1.165) is 31.7 Å². The van der Waals surface area contributed by atoms with E-state index in [-0.39, 0.29) is 6.61 Å². The summed E-state index contributed by atoms with van der Waals surface area (Å²) in [7, 11) is 0. The van der Waals surface area contributed by atoms with Crippen LogP contribution in [0.4, 0.5) is 0 Å². The van der Waals surface area contributed by atoms with Crippen LogP contribution in [0.2, 0.25) is 0 Å². The molecule has 6 heteroatoms. The molecule has 0 aromatic carbocycles. The number of rotatable bonds is 9. The van der Waals surface area contributed by atoms with Gasteiger partial charge in [0.15, 0.2) is 0 Å². The second-order valence-electron chi connectivity index (χ2n) is 4.24. The van der Waals surface area contributed by atoms with E-state index in [2.05, 4.69) is 28.8 Å². The summed E-state index contributed by atoms with van der Waals surface area (Å²) in [4.78, 5) is 0. The van der Waals surface area contributed by atoms with Crippen molar-refractivity contribution in [2.24, 2.45) is 5.92 Å². The first-order chi connectivity index (χ1) is 8.26. The third kappa shape index (κ3) is 6.05. The van der Waals surface area contributed by atoms with E-state index < -0.39 is 0 Å². The molecular formula is C11H22N4OS. The van der Waals surface area contributed by atoms with Gasteiger partial charge in [0, 0.05) is 25.9 Å². The maximum atomic E-state index is 8.71. The normalized spacial score (nSPS) is 12.9. The predicted octanol–water partition coefficient (Wildman–Crippen LogP) is 0.749. The molecule has 0 aliphatic carbocycles. The Hall–Kier alpha value is -0.590. The van der Waals surface area contributed by atoms with Crippen LogP contribution < -0.4 is 5.32 Å². The summed E-state index contributed by atoms with van der Waals surface area (Å²) in [6, 6.07) is 0. The minimum Gasteiger partial charge on any atom is -0.396 e. The van der Waals surface area contributed by atoms with Gasteiger partial charge >= 0.3 is 0 Å². The number of aromatic nitrogens is 3. The summed E-state index contributed by atoms with van der Waals surface area (Å²) in [5, 5.41) is 20.2. The lowest BCUT2D eigenvalue weighted by Gasteiger charge is -2.09. The summed E-state index contributed by atoms with van der Waals surface area (Å²) in [5.74, 6) is 1.85. The smallest absolute Gasteiger partial charge is 0.0964 e. The zero-order valence-corrected chi connectivity index (χ0v) is 11.4. The highest BCUT2D eigenvalue weighted by Crippen LogP contribution is 2.03. The molecule has 1 unspecified atom stereocenters. The first kappa shape index (κ1) is 14.5. The summed E-state index contributed by atoms with van der Waals surface area (Å²) in [6.45, 7) is 4.93. The second kappa shape index (κ2) is 8.49. The van der Waals surface area contributed by atoms with Crippen molar-refractivity contribution >= 4 is 11.8 Å². The highest BCUT2D eigenvalue weighted by Gasteiger charge is 2.03. The van der Waals surface area contributed by atoms with Gasteiger partial charge in [-0.1, -0.05) is 12.1 Å². The molecule has 1 atom stereocenters. The highest BCUT2D eigenvalue weighted by atomic mass is 32.2. The van der Waals surface area contributed by atoms with Crippen LogP contribution in [0, 0.1) is 5.92 Å². The maximum absolute atomic E-state index is 8.71. The number of aryl methyl sites for hydroxylation is 1. The van der Waals surface area contributed by atoms with Crippen molar-refractivity contribution in [2.45, 2.75) is 26.4 Å². The zero-order chi connectivity index (χ0) is 12.5. The van der Waals surface area contributed by atoms with Crippen molar-refractivity contribution in [3.8, 4) is 0 Å². The van der Waals surface area contributed by atoms with Crippen LogP contribution in [-0.2, 0) is 13.1 Å². The number of hydrogen-bond donors (Lipinski definition) is 2. The number of nitrogens with one attached hydrogen (secondary N) is 1. The summed E-state index contributed by atoms with van der Waals surface area (Å²) < 4.78 is 1.78. The standard InChI is InChI=1S/C11H22N4OS/c1-10(9-17-2)6-12-7-11-8-15(14-13-11)4-3-5-16/h8,10,12,16H,3-7,9H2,1-2H3. The van der Waals surface area contributed by atoms with Gasteiger partial charge in [0.25, 0.3) is 0 Å². The molecule has 1 heterocycles. The van der Waals surface area contributed by atoms with E-state index in [0.29, 0.717) is 5.92 Å². The molecule has 0 saturated carbocycles. The van der Waals surface area contributed by atoms with Gasteiger partial charge in [-0.15, -0.1) is 5.10 Å². The largest absolute Gasteiger partial charge is 0.396 e. The molecule has 5 nitrogen and oxygen atoms in total. The van der Waals surface area contributed by atoms with Crippen LogP contribution in [0.3, 0.4) is 0 Å². The topological polar surface area (TPSA) is 63.0 Å². The molecule has 1 rings (SSSR count). The molecule has 0 fully saturated rings. The fraction of sp³-hybridized carbons (Fsp3) is 0.818. The molecule has 17 heavy (non-hydrogen) atoms. The van der Waals surface area contributed by atoms with Crippen molar-refractivity contribution in [1.29, 1.82) is 0 Å². The van der Waals surface area contributed by atoms with E-state index >= 15 is 0 Å². The van der Waals surface area contributed by atoms with Gasteiger partial charge in [-0.25, -0.2) is 0 Å². The van der Waals surface area contributed by atoms with Gasteiger partial charge in [-0.05, 0) is 30.9 Å². The van der Waals surface area contributed by atoms with Crippen LogP contribution in [0.25, 0.3) is 0 Å². The zero-order valence-electron chi connectivity index (χ0n) is 10.6. The van der Waals surface area contributed by atoms with Crippen molar-refractivity contribution < 1.29 is 5.11 Å². The number of aliphatic hydroxyl groups excluding tert-OH is 1. The molecule has 2 N–H and O–H groups in total. The molecule has 0 radical (unpaired) electrons. The predicted molar refractivity (Wildman–Crippen MR) is 71.0 cm³/mol. The van der Waals surface area contributed by atoms with Gasteiger partial charge in [0.2, 0.25) is 0 Å². The molecule has 1 aromatic heterocycles. The molecule has 0 amide bonds. The second-order valence-corrected chi connectivity index (χ2v) is 5.15. The Kier molecular flexibility index (Phi) is 7.23. The van der Waals surface area contributed by atoms with Gasteiger partial charge < -0.3 is 10.4 Å². The van der Waals surface area contributed by atoms with Crippen molar-refractivity contribution in [3.05, 3.63) is 11.9 Å². The van der Waals surface area contributed by atoms with Gasteiger partial charge in [-0.2, -0.15) is 11.8 Å². The van der Waals surface area contributed by atoms with Gasteiger partial charge in [0.1, 0.15) is 0 Å². The lowest BCUT2D eigenvalue weighted by atomic mass is 10.2. The molecule has 0 saturated heterocycles. The quantitative estimate of drug-likeness (QED) is 0.684. The third-order valence-electron chi connectivity index (χ3n) is 2.38. The average molecular weight is 258 g/mol. The molecular weight excluding hydrogens is 236 g/mol. The fourth-order valence-electron chi connectivity index (χ4n) is 1.55. The SMILES string of the molecule is CSCC(C)CNCc1cn(CCCO)nn1. The molecule has 0 bridgehead atoms. The number of hydrogen-bond acceptors (Lipinski definition) is 5. The van der Waals surface area contributed by atoms with Gasteiger partial charge in [0.05, 0.1) is 5.69 Å². The van der Waals surface area contributed by atoms with Crippen LogP contribution >= 0.6 is 11.8 Å². The molecule has 0 spiro atoms. The van der Waals surface area contributed by atoms with Crippen LogP contribution in [-0.4, -0.2) is 45.3 Å². The molecule has 0 aliphatic heterocycles. The summed E-state index contributed by atoms with van der Waals surface area (Å²) in [6.07, 6.45) is 4.78. The van der Waals surface area contributed by atoms with Crippen LogP contribution in [0.5, 0.6) is 0 Å². The fourth-order valence-corrected chi connectivity index (χ4v) is 2.24. The first-order valence-electron chi connectivity index (χ1n) is 5.95. The lowest BCUT2D eigenvalue weighted by molar-refractivity contribution is 0.276. The Morgan fingerprint density at radius 2 is 2.41 bits per heavy atom. The Bertz CT molecular complexity index is 305. The van der Waals surface area contributed by atoms with E-state index in [9.17, 15) is 0 Å². The lowest BCUT2D eigenvalue weighted by Crippen LogP contribution is -2.22. The first-order valence-corrected chi connectivity index (χ1v) is 7.35. The average Bonchev–Trinajstić information content (AvgIpc) is 2.75. The summed E-state index contributed by atoms with van der Waals surface area (Å²) >= 11 is 1.87. The van der Waals surface area contributed by atoms with Crippen LogP contribution in [0.1, 0.15) is 19.0 Å². The van der Waals surface area contributed by atoms with E-state index in [4.69, 9.17) is 5.11 Å². The number of aliphatic hydroxyl groups is 1. The Morgan fingerprint density at radius 1 is 1.59 bits per heavy atom. The minimum atomic E-state index is 0.194.